The van der Waals surface area contributed by atoms with Crippen LogP contribution in [-0.2, 0) is 11.0 Å². The molecule has 0 N–H and O–H groups in total. The van der Waals surface area contributed by atoms with Gasteiger partial charge in [0.1, 0.15) is 0 Å². The Bertz CT molecular complexity index is 614. The lowest BCUT2D eigenvalue weighted by Gasteiger charge is -2.34. The quantitative estimate of drug-likeness (QED) is 0.814. The van der Waals surface area contributed by atoms with Crippen LogP contribution in [0.5, 0.6) is 0 Å². The Labute approximate surface area is 141 Å². The molecule has 0 radical (unpaired) electrons. The van der Waals surface area contributed by atoms with Gasteiger partial charge in [-0.25, -0.2) is 0 Å². The minimum atomic E-state index is -4.45. The zero-order valence-electron chi connectivity index (χ0n) is 13.1. The number of fused-ring (bicyclic) bond motifs is 1. The first-order chi connectivity index (χ1) is 11.4. The Kier molecular flexibility index (Phi) is 3.93. The number of hydrogen-bond acceptors (Lipinski definition) is 5. The minimum Gasteiger partial charge on any atom is -0.343 e. The third kappa shape index (κ3) is 2.87. The van der Waals surface area contributed by atoms with Crippen LogP contribution in [0.4, 0.5) is 18.3 Å². The van der Waals surface area contributed by atoms with Gasteiger partial charge >= 0.3 is 6.18 Å². The van der Waals surface area contributed by atoms with E-state index < -0.39 is 11.2 Å². The molecule has 5 nitrogen and oxygen atoms in total. The maximum Gasteiger partial charge on any atom is 0.445 e. The van der Waals surface area contributed by atoms with Gasteiger partial charge in [0.15, 0.2) is 0 Å². The molecule has 1 aromatic heterocycles. The number of halogens is 3. The van der Waals surface area contributed by atoms with Crippen molar-refractivity contribution < 1.29 is 18.0 Å². The molecule has 0 aromatic carbocycles. The lowest BCUT2D eigenvalue weighted by molar-refractivity contribution is -0.138. The molecule has 3 aliphatic rings. The second-order valence-electron chi connectivity index (χ2n) is 6.84. The van der Waals surface area contributed by atoms with E-state index in [1.165, 1.54) is 25.7 Å². The van der Waals surface area contributed by atoms with E-state index in [1.807, 2.05) is 4.90 Å². The highest BCUT2D eigenvalue weighted by molar-refractivity contribution is 7.15. The molecule has 3 fully saturated rings. The predicted octanol–water partition coefficient (Wildman–Crippen LogP) is 2.64. The van der Waals surface area contributed by atoms with Gasteiger partial charge in [0, 0.05) is 32.1 Å². The summed E-state index contributed by atoms with van der Waals surface area (Å²) in [7, 11) is 0. The highest BCUT2D eigenvalue weighted by Crippen LogP contribution is 2.56. The molecule has 2 heterocycles. The maximum absolute atomic E-state index is 12.6. The van der Waals surface area contributed by atoms with Crippen molar-refractivity contribution >= 4 is 22.4 Å². The minimum absolute atomic E-state index is 0.206. The van der Waals surface area contributed by atoms with Crippen molar-refractivity contribution in [2.24, 2.45) is 17.8 Å². The first kappa shape index (κ1) is 16.1. The number of alkyl halides is 3. The van der Waals surface area contributed by atoms with Crippen molar-refractivity contribution in [1.29, 1.82) is 0 Å². The van der Waals surface area contributed by atoms with Gasteiger partial charge in [-0.1, -0.05) is 24.2 Å². The van der Waals surface area contributed by atoms with Crippen LogP contribution in [0.1, 0.15) is 30.7 Å². The fraction of sp³-hybridized carbons (Fsp3) is 0.800. The Balaban J connectivity index is 1.34. The van der Waals surface area contributed by atoms with Crippen molar-refractivity contribution in [3.63, 3.8) is 0 Å². The molecule has 2 aliphatic carbocycles. The Hall–Kier alpha value is -1.38. The number of amides is 1. The summed E-state index contributed by atoms with van der Waals surface area (Å²) in [6, 6.07) is 0. The van der Waals surface area contributed by atoms with E-state index >= 15 is 0 Å². The zero-order valence-corrected chi connectivity index (χ0v) is 13.9. The molecule has 1 aliphatic heterocycles. The largest absolute Gasteiger partial charge is 0.445 e. The van der Waals surface area contributed by atoms with Gasteiger partial charge in [0.25, 0.3) is 0 Å². The number of piperazine rings is 1. The van der Waals surface area contributed by atoms with Crippen LogP contribution < -0.4 is 4.90 Å². The van der Waals surface area contributed by atoms with Gasteiger partial charge in [-0.3, -0.25) is 4.79 Å². The lowest BCUT2D eigenvalue weighted by atomic mass is 10.0. The van der Waals surface area contributed by atoms with E-state index in [-0.39, 0.29) is 17.0 Å². The van der Waals surface area contributed by atoms with Crippen LogP contribution in [0.15, 0.2) is 0 Å². The number of nitrogens with zero attached hydrogens (tertiary/aromatic N) is 4. The highest BCUT2D eigenvalue weighted by atomic mass is 32.1. The summed E-state index contributed by atoms with van der Waals surface area (Å²) in [5.74, 6) is 1.63. The average Bonchev–Trinajstić information content (AvgIpc) is 3.06. The van der Waals surface area contributed by atoms with Crippen molar-refractivity contribution in [1.82, 2.24) is 15.1 Å². The van der Waals surface area contributed by atoms with Crippen LogP contribution in [-0.4, -0.2) is 47.2 Å². The van der Waals surface area contributed by atoms with E-state index in [1.54, 1.807) is 4.90 Å². The van der Waals surface area contributed by atoms with Gasteiger partial charge in [-0.2, -0.15) is 13.2 Å². The molecule has 3 atom stereocenters. The monoisotopic (exact) mass is 360 g/mol. The molecule has 1 aromatic rings. The molecule has 1 saturated heterocycles. The van der Waals surface area contributed by atoms with Crippen molar-refractivity contribution in [3.05, 3.63) is 5.01 Å². The maximum atomic E-state index is 12.6. The molecular formula is C15H19F3N4OS. The average molecular weight is 360 g/mol. The number of anilines is 1. The van der Waals surface area contributed by atoms with Crippen LogP contribution in [0, 0.1) is 17.8 Å². The summed E-state index contributed by atoms with van der Waals surface area (Å²) in [6.07, 6.45) is 0.364. The molecule has 1 unspecified atom stereocenters. The van der Waals surface area contributed by atoms with Gasteiger partial charge in [-0.05, 0) is 24.7 Å². The number of carbonyl (C=O) groups is 1. The normalized spacial score (nSPS) is 30.2. The highest BCUT2D eigenvalue weighted by Gasteiger charge is 2.55. The Morgan fingerprint density at radius 1 is 1.04 bits per heavy atom. The van der Waals surface area contributed by atoms with Gasteiger partial charge in [-0.15, -0.1) is 10.2 Å². The van der Waals surface area contributed by atoms with Crippen molar-refractivity contribution in [2.75, 3.05) is 31.1 Å². The molecule has 0 spiro atoms. The summed E-state index contributed by atoms with van der Waals surface area (Å²) in [4.78, 5) is 16.3. The molecule has 0 bridgehead atoms. The third-order valence-corrected chi connectivity index (χ3v) is 6.49. The molecule has 24 heavy (non-hydrogen) atoms. The molecular weight excluding hydrogens is 341 g/mol. The third-order valence-electron chi connectivity index (χ3n) is 5.46. The lowest BCUT2D eigenvalue weighted by Crippen LogP contribution is -2.49. The first-order valence-electron chi connectivity index (χ1n) is 8.39. The second-order valence-corrected chi connectivity index (χ2v) is 7.79. The fourth-order valence-electron chi connectivity index (χ4n) is 4.15. The number of rotatable bonds is 2. The number of carbonyl (C=O) groups excluding carboxylic acids is 1. The van der Waals surface area contributed by atoms with Crippen molar-refractivity contribution in [3.8, 4) is 0 Å². The van der Waals surface area contributed by atoms with Gasteiger partial charge in [0.05, 0.1) is 0 Å². The second kappa shape index (κ2) is 5.86. The summed E-state index contributed by atoms with van der Waals surface area (Å²) < 4.78 is 37.8. The summed E-state index contributed by atoms with van der Waals surface area (Å²) >= 11 is 0.566. The topological polar surface area (TPSA) is 49.3 Å². The van der Waals surface area contributed by atoms with E-state index in [0.29, 0.717) is 49.4 Å². The smallest absolute Gasteiger partial charge is 0.343 e. The fourth-order valence-corrected chi connectivity index (χ4v) is 4.91. The van der Waals surface area contributed by atoms with Crippen LogP contribution in [0.2, 0.25) is 0 Å². The van der Waals surface area contributed by atoms with E-state index in [2.05, 4.69) is 10.2 Å². The number of aromatic nitrogens is 2. The Morgan fingerprint density at radius 3 is 2.21 bits per heavy atom. The van der Waals surface area contributed by atoms with Gasteiger partial charge in [0.2, 0.25) is 16.0 Å². The van der Waals surface area contributed by atoms with Crippen LogP contribution >= 0.6 is 11.3 Å². The molecule has 1 amide bonds. The SMILES string of the molecule is O=C(C1[C@H]2CCCC[C@@H]12)N1CCN(c2nnc(C(F)(F)F)s2)CC1. The van der Waals surface area contributed by atoms with Crippen LogP contribution in [0.3, 0.4) is 0 Å². The summed E-state index contributed by atoms with van der Waals surface area (Å²) in [5.41, 5.74) is 0. The van der Waals surface area contributed by atoms with E-state index in [4.69, 9.17) is 0 Å². The van der Waals surface area contributed by atoms with Crippen molar-refractivity contribution in [2.45, 2.75) is 31.9 Å². The molecule has 9 heteroatoms. The van der Waals surface area contributed by atoms with E-state index in [9.17, 15) is 18.0 Å². The zero-order chi connectivity index (χ0) is 16.9. The van der Waals surface area contributed by atoms with E-state index in [0.717, 1.165) is 0 Å². The van der Waals surface area contributed by atoms with Gasteiger partial charge < -0.3 is 9.80 Å². The van der Waals surface area contributed by atoms with Crippen LogP contribution in [0.25, 0.3) is 0 Å². The predicted molar refractivity (Wildman–Crippen MR) is 82.6 cm³/mol. The molecule has 4 rings (SSSR count). The first-order valence-corrected chi connectivity index (χ1v) is 9.21. The molecule has 2 saturated carbocycles. The summed E-state index contributed by atoms with van der Waals surface area (Å²) in [5, 5.41) is 6.25. The Morgan fingerprint density at radius 2 is 1.67 bits per heavy atom. The number of hydrogen-bond donors (Lipinski definition) is 0. The molecule has 132 valence electrons. The summed E-state index contributed by atoms with van der Waals surface area (Å²) in [6.45, 7) is 2.13. The standard InChI is InChI=1S/C15H19F3N4OS/c16-15(17,18)13-19-20-14(24-13)22-7-5-21(6-8-22)12(23)11-9-3-1-2-4-10(9)11/h9-11H,1-8H2/t9-,10+,11?.